The van der Waals surface area contributed by atoms with Crippen LogP contribution in [-0.2, 0) is 20.2 Å². The van der Waals surface area contributed by atoms with Crippen molar-refractivity contribution in [3.05, 3.63) is 0 Å². The molecule has 0 saturated carbocycles. The van der Waals surface area contributed by atoms with E-state index in [0.717, 1.165) is 61.3 Å². The lowest BCUT2D eigenvalue weighted by Gasteiger charge is -2.56. The summed E-state index contributed by atoms with van der Waals surface area (Å²) in [5.41, 5.74) is 0. The third-order valence-electron chi connectivity index (χ3n) is 7.46. The molecular weight excluding hydrogens is 408 g/mol. The van der Waals surface area contributed by atoms with E-state index in [0.29, 0.717) is 25.9 Å². The Morgan fingerprint density at radius 3 is 1.29 bits per heavy atom. The molecule has 162 valence electrons. The van der Waals surface area contributed by atoms with Gasteiger partial charge < -0.3 is 18.1 Å². The average molecular weight is 439 g/mol. The van der Waals surface area contributed by atoms with Crippen molar-refractivity contribution in [2.75, 3.05) is 77.0 Å². The van der Waals surface area contributed by atoms with Crippen molar-refractivity contribution < 1.29 is 34.9 Å². The molecule has 4 saturated heterocycles. The Labute approximate surface area is 167 Å². The Morgan fingerprint density at radius 2 is 1.00 bits per heavy atom. The zero-order chi connectivity index (χ0) is 20.2. The number of hydrogen-bond acceptors (Lipinski definition) is 8. The SMILES string of the molecule is O=S(=O)([O-])CCC[N+]12CCN3CC[N+]4(CCCS(=O)(=O)[O-])CCN(CC1)C4C32. The van der Waals surface area contributed by atoms with Crippen molar-refractivity contribution in [3.8, 4) is 0 Å². The molecule has 4 fully saturated rings. The number of rotatable bonds is 8. The van der Waals surface area contributed by atoms with E-state index in [1.165, 1.54) is 0 Å². The number of quaternary nitrogens is 2. The molecule has 4 aliphatic heterocycles. The fourth-order valence-corrected chi connectivity index (χ4v) is 7.24. The second kappa shape index (κ2) is 7.12. The molecule has 28 heavy (non-hydrogen) atoms. The van der Waals surface area contributed by atoms with Gasteiger partial charge in [-0.3, -0.25) is 0 Å². The zero-order valence-corrected chi connectivity index (χ0v) is 17.7. The molecule has 0 bridgehead atoms. The van der Waals surface area contributed by atoms with Gasteiger partial charge >= 0.3 is 0 Å². The van der Waals surface area contributed by atoms with Gasteiger partial charge in [0.15, 0.2) is 0 Å². The van der Waals surface area contributed by atoms with Gasteiger partial charge in [-0.15, -0.1) is 0 Å². The summed E-state index contributed by atoms with van der Waals surface area (Å²) in [7, 11) is -8.39. The van der Waals surface area contributed by atoms with E-state index in [1.54, 1.807) is 0 Å². The molecule has 0 aromatic heterocycles. The molecule has 0 amide bonds. The van der Waals surface area contributed by atoms with Gasteiger partial charge in [0, 0.05) is 24.3 Å². The minimum atomic E-state index is -4.20. The molecule has 0 aliphatic carbocycles. The fraction of sp³-hybridized carbons (Fsp3) is 1.00. The molecule has 2 atom stereocenters. The Hall–Kier alpha value is -0.340. The van der Waals surface area contributed by atoms with Crippen molar-refractivity contribution in [1.29, 1.82) is 0 Å². The first-order valence-corrected chi connectivity index (χ1v) is 13.3. The maximum atomic E-state index is 11.1. The van der Waals surface area contributed by atoms with Crippen molar-refractivity contribution in [2.24, 2.45) is 0 Å². The minimum absolute atomic E-state index is 0.267. The van der Waals surface area contributed by atoms with Crippen LogP contribution >= 0.6 is 0 Å². The van der Waals surface area contributed by atoms with Gasteiger partial charge in [0.2, 0.25) is 12.3 Å². The molecule has 0 radical (unpaired) electrons. The second-order valence-electron chi connectivity index (χ2n) is 8.91. The lowest BCUT2D eigenvalue weighted by molar-refractivity contribution is -1.03. The maximum Gasteiger partial charge on any atom is 0.214 e. The van der Waals surface area contributed by atoms with Crippen LogP contribution in [0.15, 0.2) is 0 Å². The van der Waals surface area contributed by atoms with E-state index in [2.05, 4.69) is 9.80 Å². The Kier molecular flexibility index (Phi) is 5.32. The summed E-state index contributed by atoms with van der Waals surface area (Å²) in [6.07, 6.45) is 1.31. The third-order valence-corrected chi connectivity index (χ3v) is 9.04. The maximum absolute atomic E-state index is 11.1. The molecule has 4 aliphatic rings. The molecule has 12 heteroatoms. The highest BCUT2D eigenvalue weighted by atomic mass is 32.2. The van der Waals surface area contributed by atoms with E-state index in [1.807, 2.05) is 0 Å². The predicted molar refractivity (Wildman–Crippen MR) is 98.8 cm³/mol. The third kappa shape index (κ3) is 3.85. The van der Waals surface area contributed by atoms with Crippen LogP contribution in [0.25, 0.3) is 0 Å². The highest BCUT2D eigenvalue weighted by Gasteiger charge is 2.66. The van der Waals surface area contributed by atoms with Crippen molar-refractivity contribution in [1.82, 2.24) is 9.80 Å². The summed E-state index contributed by atoms with van der Waals surface area (Å²) in [4.78, 5) is 5.02. The average Bonchev–Trinajstić information content (AvgIpc) is 3.11. The highest BCUT2D eigenvalue weighted by Crippen LogP contribution is 2.43. The van der Waals surface area contributed by atoms with Crippen LogP contribution < -0.4 is 0 Å². The minimum Gasteiger partial charge on any atom is -0.748 e. The standard InChI is InChI=1S/C16H30N4O6S2/c21-27(22,23)13-1-7-19-9-3-17-6-12-20(8-2-14-28(24,25)26)10-4-18(5-11-19)16(20)15(17)19/h15-16H,1-14H2. The van der Waals surface area contributed by atoms with Gasteiger partial charge in [-0.05, 0) is 0 Å². The van der Waals surface area contributed by atoms with E-state index in [4.69, 9.17) is 0 Å². The van der Waals surface area contributed by atoms with Crippen LogP contribution in [0, 0.1) is 0 Å². The summed E-state index contributed by atoms with van der Waals surface area (Å²) >= 11 is 0. The van der Waals surface area contributed by atoms with Crippen LogP contribution in [0.1, 0.15) is 12.8 Å². The first-order valence-electron chi connectivity index (χ1n) is 10.1. The summed E-state index contributed by atoms with van der Waals surface area (Å²) in [6, 6.07) is 0. The fourth-order valence-electron chi connectivity index (χ4n) is 6.28. The van der Waals surface area contributed by atoms with Gasteiger partial charge in [-0.25, -0.2) is 26.6 Å². The molecule has 4 rings (SSSR count). The van der Waals surface area contributed by atoms with E-state index in [-0.39, 0.29) is 23.8 Å². The molecule has 0 spiro atoms. The van der Waals surface area contributed by atoms with Gasteiger partial charge in [0.25, 0.3) is 0 Å². The van der Waals surface area contributed by atoms with Crippen LogP contribution in [0.3, 0.4) is 0 Å². The van der Waals surface area contributed by atoms with Gasteiger partial charge in [-0.1, -0.05) is 0 Å². The lowest BCUT2D eigenvalue weighted by atomic mass is 10.1. The Morgan fingerprint density at radius 1 is 0.679 bits per heavy atom. The normalized spacial score (nSPS) is 38.6. The summed E-state index contributed by atoms with van der Waals surface area (Å²) in [6.45, 7) is 9.12. The molecular formula is C16H30N4O6S2. The molecule has 0 N–H and O–H groups in total. The largest absolute Gasteiger partial charge is 0.748 e. The lowest BCUT2D eigenvalue weighted by Crippen LogP contribution is -2.78. The second-order valence-corrected chi connectivity index (χ2v) is 12.0. The first-order chi connectivity index (χ1) is 13.0. The number of nitrogens with zero attached hydrogens (tertiary/aromatic N) is 4. The zero-order valence-electron chi connectivity index (χ0n) is 16.1. The van der Waals surface area contributed by atoms with Gasteiger partial charge in [0.05, 0.1) is 85.7 Å². The van der Waals surface area contributed by atoms with E-state index >= 15 is 0 Å². The molecule has 0 aromatic carbocycles. The summed E-state index contributed by atoms with van der Waals surface area (Å²) in [5.74, 6) is -0.620. The van der Waals surface area contributed by atoms with Crippen LogP contribution in [0.5, 0.6) is 0 Å². The highest BCUT2D eigenvalue weighted by molar-refractivity contribution is 7.85. The van der Waals surface area contributed by atoms with Crippen molar-refractivity contribution in [3.63, 3.8) is 0 Å². The smallest absolute Gasteiger partial charge is 0.214 e. The molecule has 2 unspecified atom stereocenters. The topological polar surface area (TPSA) is 121 Å². The number of piperazine rings is 2. The monoisotopic (exact) mass is 438 g/mol. The molecule has 4 heterocycles. The van der Waals surface area contributed by atoms with Crippen LogP contribution in [0.4, 0.5) is 0 Å². The summed E-state index contributed by atoms with van der Waals surface area (Å²) < 4.78 is 68.1. The van der Waals surface area contributed by atoms with E-state index < -0.39 is 20.2 Å². The molecule has 10 nitrogen and oxygen atoms in total. The first kappa shape index (κ1) is 20.9. The van der Waals surface area contributed by atoms with E-state index in [9.17, 15) is 25.9 Å². The predicted octanol–water partition coefficient (Wildman–Crippen LogP) is -2.20. The van der Waals surface area contributed by atoms with Gasteiger partial charge in [0.1, 0.15) is 0 Å². The van der Waals surface area contributed by atoms with Crippen LogP contribution in [-0.4, -0.2) is 134 Å². The quantitative estimate of drug-likeness (QED) is 0.309. The van der Waals surface area contributed by atoms with Gasteiger partial charge in [-0.2, -0.15) is 0 Å². The summed E-state index contributed by atoms with van der Waals surface area (Å²) in [5, 5.41) is 0. The Bertz CT molecular complexity index is 753. The van der Waals surface area contributed by atoms with Crippen molar-refractivity contribution in [2.45, 2.75) is 25.2 Å². The van der Waals surface area contributed by atoms with Crippen molar-refractivity contribution >= 4 is 20.2 Å². The number of hydrogen-bond donors (Lipinski definition) is 0. The Balaban J connectivity index is 1.54. The van der Waals surface area contributed by atoms with Crippen LogP contribution in [0.2, 0.25) is 0 Å². The molecule has 0 aromatic rings.